The zero-order chi connectivity index (χ0) is 17.0. The number of nitrogens with zero attached hydrogens (tertiary/aromatic N) is 2. The maximum atomic E-state index is 13.0. The lowest BCUT2D eigenvalue weighted by atomic mass is 10.0. The highest BCUT2D eigenvalue weighted by molar-refractivity contribution is 5.38. The summed E-state index contributed by atoms with van der Waals surface area (Å²) in [4.78, 5) is 6.55. The molecule has 0 unspecified atom stereocenters. The number of aromatic nitrogens is 1. The molecule has 1 saturated heterocycles. The smallest absolute Gasteiger partial charge is 0.357 e. The van der Waals surface area contributed by atoms with Crippen molar-refractivity contribution in [2.24, 2.45) is 0 Å². The molecule has 0 saturated carbocycles. The van der Waals surface area contributed by atoms with E-state index >= 15 is 0 Å². The molecule has 0 atom stereocenters. The van der Waals surface area contributed by atoms with Gasteiger partial charge in [0, 0.05) is 31.9 Å². The van der Waals surface area contributed by atoms with E-state index in [0.717, 1.165) is 37.8 Å². The molecule has 1 aromatic carbocycles. The lowest BCUT2D eigenvalue weighted by Gasteiger charge is -2.33. The number of pyridine rings is 1. The molecule has 3 nitrogen and oxygen atoms in total. The van der Waals surface area contributed by atoms with Gasteiger partial charge in [-0.2, -0.15) is 13.2 Å². The summed E-state index contributed by atoms with van der Waals surface area (Å²) in [6.45, 7) is 1.95. The van der Waals surface area contributed by atoms with E-state index in [1.807, 2.05) is 18.2 Å². The number of anilines is 1. The van der Waals surface area contributed by atoms with Gasteiger partial charge in [-0.3, -0.25) is 0 Å². The highest BCUT2D eigenvalue weighted by atomic mass is 19.4. The molecular formula is C18H20F3N3. The summed E-state index contributed by atoms with van der Waals surface area (Å²) in [7, 11) is 0. The van der Waals surface area contributed by atoms with Crippen molar-refractivity contribution in [3.05, 3.63) is 59.8 Å². The molecule has 0 amide bonds. The molecular weight excluding hydrogens is 315 g/mol. The SMILES string of the molecule is FC(F)(F)c1ccccc1CNC1CCN(c2ccccn2)CC1. The van der Waals surface area contributed by atoms with E-state index in [1.165, 1.54) is 6.07 Å². The summed E-state index contributed by atoms with van der Waals surface area (Å²) < 4.78 is 39.0. The average Bonchev–Trinajstić information content (AvgIpc) is 2.61. The highest BCUT2D eigenvalue weighted by Crippen LogP contribution is 2.31. The van der Waals surface area contributed by atoms with Crippen LogP contribution in [-0.4, -0.2) is 24.1 Å². The molecule has 1 N–H and O–H groups in total. The molecule has 3 rings (SSSR count). The topological polar surface area (TPSA) is 28.2 Å². The quantitative estimate of drug-likeness (QED) is 0.920. The van der Waals surface area contributed by atoms with E-state index < -0.39 is 11.7 Å². The van der Waals surface area contributed by atoms with Crippen LogP contribution in [0.4, 0.5) is 19.0 Å². The number of hydrogen-bond acceptors (Lipinski definition) is 3. The Bertz CT molecular complexity index is 650. The average molecular weight is 335 g/mol. The van der Waals surface area contributed by atoms with Crippen LogP contribution < -0.4 is 10.2 Å². The van der Waals surface area contributed by atoms with Crippen molar-refractivity contribution in [2.45, 2.75) is 31.6 Å². The van der Waals surface area contributed by atoms with Gasteiger partial charge < -0.3 is 10.2 Å². The summed E-state index contributed by atoms with van der Waals surface area (Å²) in [5.74, 6) is 0.957. The van der Waals surface area contributed by atoms with Gasteiger partial charge in [-0.25, -0.2) is 4.98 Å². The molecule has 0 radical (unpaired) electrons. The lowest BCUT2D eigenvalue weighted by molar-refractivity contribution is -0.138. The Morgan fingerprint density at radius 3 is 2.42 bits per heavy atom. The van der Waals surface area contributed by atoms with Crippen LogP contribution in [0.3, 0.4) is 0 Å². The van der Waals surface area contributed by atoms with E-state index in [4.69, 9.17) is 0 Å². The first kappa shape index (κ1) is 16.8. The van der Waals surface area contributed by atoms with Crippen molar-refractivity contribution in [3.8, 4) is 0 Å². The Morgan fingerprint density at radius 2 is 1.75 bits per heavy atom. The van der Waals surface area contributed by atoms with Crippen molar-refractivity contribution in [1.82, 2.24) is 10.3 Å². The molecule has 2 aromatic rings. The fourth-order valence-electron chi connectivity index (χ4n) is 3.06. The first-order valence-electron chi connectivity index (χ1n) is 8.08. The maximum Gasteiger partial charge on any atom is 0.416 e. The van der Waals surface area contributed by atoms with E-state index in [0.29, 0.717) is 5.56 Å². The van der Waals surface area contributed by atoms with Gasteiger partial charge in [-0.1, -0.05) is 24.3 Å². The molecule has 128 valence electrons. The van der Waals surface area contributed by atoms with Crippen molar-refractivity contribution >= 4 is 5.82 Å². The zero-order valence-corrected chi connectivity index (χ0v) is 13.3. The molecule has 24 heavy (non-hydrogen) atoms. The van der Waals surface area contributed by atoms with Crippen LogP contribution in [0.25, 0.3) is 0 Å². The minimum absolute atomic E-state index is 0.228. The Balaban J connectivity index is 1.55. The second-order valence-corrected chi connectivity index (χ2v) is 5.99. The van der Waals surface area contributed by atoms with Gasteiger partial charge in [0.15, 0.2) is 0 Å². The number of alkyl halides is 3. The van der Waals surface area contributed by atoms with Crippen molar-refractivity contribution in [2.75, 3.05) is 18.0 Å². The second-order valence-electron chi connectivity index (χ2n) is 5.99. The van der Waals surface area contributed by atoms with Gasteiger partial charge in [0.1, 0.15) is 5.82 Å². The van der Waals surface area contributed by atoms with Crippen LogP contribution in [0.2, 0.25) is 0 Å². The summed E-state index contributed by atoms with van der Waals surface area (Å²) >= 11 is 0. The zero-order valence-electron chi connectivity index (χ0n) is 13.3. The first-order chi connectivity index (χ1) is 11.5. The molecule has 0 bridgehead atoms. The maximum absolute atomic E-state index is 13.0. The van der Waals surface area contributed by atoms with E-state index in [1.54, 1.807) is 18.3 Å². The van der Waals surface area contributed by atoms with Gasteiger partial charge in [0.25, 0.3) is 0 Å². The van der Waals surface area contributed by atoms with Crippen LogP contribution in [0, 0.1) is 0 Å². The predicted octanol–water partition coefficient (Wildman–Crippen LogP) is 3.86. The normalized spacial score (nSPS) is 16.4. The van der Waals surface area contributed by atoms with Crippen molar-refractivity contribution < 1.29 is 13.2 Å². The fourth-order valence-corrected chi connectivity index (χ4v) is 3.06. The molecule has 1 aliphatic rings. The Morgan fingerprint density at radius 1 is 1.04 bits per heavy atom. The van der Waals surface area contributed by atoms with Crippen molar-refractivity contribution in [1.29, 1.82) is 0 Å². The third-order valence-corrected chi connectivity index (χ3v) is 4.37. The van der Waals surface area contributed by atoms with Crippen LogP contribution in [0.1, 0.15) is 24.0 Å². The monoisotopic (exact) mass is 335 g/mol. The standard InChI is InChI=1S/C18H20F3N3/c19-18(20,21)16-6-2-1-5-14(16)13-23-15-8-11-24(12-9-15)17-7-3-4-10-22-17/h1-7,10,15,23H,8-9,11-13H2. The number of benzene rings is 1. The minimum atomic E-state index is -4.30. The molecule has 1 aromatic heterocycles. The first-order valence-corrected chi connectivity index (χ1v) is 8.08. The van der Waals surface area contributed by atoms with Crippen LogP contribution in [-0.2, 0) is 12.7 Å². The molecule has 1 fully saturated rings. The van der Waals surface area contributed by atoms with E-state index in [9.17, 15) is 13.2 Å². The Labute approximate surface area is 139 Å². The summed E-state index contributed by atoms with van der Waals surface area (Å²) in [5, 5.41) is 3.28. The number of piperidine rings is 1. The number of rotatable bonds is 4. The van der Waals surface area contributed by atoms with Crippen LogP contribution in [0.5, 0.6) is 0 Å². The van der Waals surface area contributed by atoms with Crippen molar-refractivity contribution in [3.63, 3.8) is 0 Å². The van der Waals surface area contributed by atoms with E-state index in [-0.39, 0.29) is 12.6 Å². The summed E-state index contributed by atoms with van der Waals surface area (Å²) in [6, 6.07) is 11.8. The van der Waals surface area contributed by atoms with E-state index in [2.05, 4.69) is 15.2 Å². The summed E-state index contributed by atoms with van der Waals surface area (Å²) in [5.41, 5.74) is -0.249. The van der Waals surface area contributed by atoms with Gasteiger partial charge >= 0.3 is 6.18 Å². The second kappa shape index (κ2) is 7.21. The van der Waals surface area contributed by atoms with Gasteiger partial charge in [-0.05, 0) is 36.6 Å². The largest absolute Gasteiger partial charge is 0.416 e. The number of nitrogens with one attached hydrogen (secondary N) is 1. The third kappa shape index (κ3) is 4.06. The molecule has 2 heterocycles. The number of halogens is 3. The Hall–Kier alpha value is -2.08. The predicted molar refractivity (Wildman–Crippen MR) is 87.8 cm³/mol. The Kier molecular flexibility index (Phi) is 5.04. The van der Waals surface area contributed by atoms with Gasteiger partial charge in [-0.15, -0.1) is 0 Å². The minimum Gasteiger partial charge on any atom is -0.357 e. The third-order valence-electron chi connectivity index (χ3n) is 4.37. The molecule has 0 spiro atoms. The lowest BCUT2D eigenvalue weighted by Crippen LogP contribution is -2.42. The summed E-state index contributed by atoms with van der Waals surface area (Å²) in [6.07, 6.45) is -0.746. The molecule has 6 heteroatoms. The number of hydrogen-bond donors (Lipinski definition) is 1. The van der Waals surface area contributed by atoms with Crippen LogP contribution in [0.15, 0.2) is 48.7 Å². The highest BCUT2D eigenvalue weighted by Gasteiger charge is 2.33. The molecule has 0 aliphatic carbocycles. The molecule has 1 aliphatic heterocycles. The van der Waals surface area contributed by atoms with Gasteiger partial charge in [0.05, 0.1) is 5.56 Å². The van der Waals surface area contributed by atoms with Gasteiger partial charge in [0.2, 0.25) is 0 Å². The fraction of sp³-hybridized carbons (Fsp3) is 0.389. The van der Waals surface area contributed by atoms with Crippen LogP contribution >= 0.6 is 0 Å².